The van der Waals surface area contributed by atoms with Crippen molar-refractivity contribution in [1.29, 1.82) is 10.5 Å². The largest absolute Gasteiger partial charge is 0.375 e. The van der Waals surface area contributed by atoms with Crippen LogP contribution in [0.1, 0.15) is 4.88 Å². The van der Waals surface area contributed by atoms with Crippen LogP contribution < -0.4 is 5.73 Å². The van der Waals surface area contributed by atoms with Crippen LogP contribution in [0.2, 0.25) is 0 Å². The molecule has 1 rings (SSSR count). The molecule has 1 heterocycles. The van der Waals surface area contributed by atoms with Gasteiger partial charge in [-0.25, -0.2) is 4.98 Å². The summed E-state index contributed by atoms with van der Waals surface area (Å²) in [6.45, 7) is 0. The molecule has 58 valence electrons. The van der Waals surface area contributed by atoms with E-state index in [-0.39, 0.29) is 5.57 Å². The third-order valence-electron chi connectivity index (χ3n) is 1.07. The topological polar surface area (TPSA) is 86.5 Å². The van der Waals surface area contributed by atoms with Gasteiger partial charge in [0, 0.05) is 6.20 Å². The SMILES string of the molecule is N#CC(C#N)=Cc1cnc(N)s1. The molecule has 0 saturated heterocycles. The van der Waals surface area contributed by atoms with E-state index < -0.39 is 0 Å². The molecule has 5 heteroatoms. The van der Waals surface area contributed by atoms with Gasteiger partial charge in [0.2, 0.25) is 0 Å². The lowest BCUT2D eigenvalue weighted by molar-refractivity contribution is 1.42. The number of hydrogen-bond acceptors (Lipinski definition) is 5. The molecule has 12 heavy (non-hydrogen) atoms. The van der Waals surface area contributed by atoms with Crippen molar-refractivity contribution in [2.24, 2.45) is 0 Å². The summed E-state index contributed by atoms with van der Waals surface area (Å²) in [7, 11) is 0. The Kier molecular flexibility index (Phi) is 2.42. The van der Waals surface area contributed by atoms with Crippen LogP contribution in [0.5, 0.6) is 0 Å². The van der Waals surface area contributed by atoms with Crippen molar-refractivity contribution in [2.75, 3.05) is 5.73 Å². The van der Waals surface area contributed by atoms with Gasteiger partial charge in [-0.3, -0.25) is 0 Å². The summed E-state index contributed by atoms with van der Waals surface area (Å²) in [5.41, 5.74) is 5.40. The lowest BCUT2D eigenvalue weighted by Crippen LogP contribution is -1.77. The Morgan fingerprint density at radius 3 is 2.67 bits per heavy atom. The van der Waals surface area contributed by atoms with E-state index in [4.69, 9.17) is 16.3 Å². The molecule has 0 aliphatic rings. The Balaban J connectivity index is 2.97. The van der Waals surface area contributed by atoms with Crippen LogP contribution in [-0.2, 0) is 0 Å². The van der Waals surface area contributed by atoms with Gasteiger partial charge in [0.15, 0.2) is 5.13 Å². The quantitative estimate of drug-likeness (QED) is 0.650. The minimum atomic E-state index is 0.0543. The molecule has 1 aromatic heterocycles. The number of nitrogen functional groups attached to an aromatic ring is 1. The van der Waals surface area contributed by atoms with Gasteiger partial charge < -0.3 is 5.73 Å². The molecule has 4 nitrogen and oxygen atoms in total. The van der Waals surface area contributed by atoms with E-state index in [9.17, 15) is 0 Å². The van der Waals surface area contributed by atoms with Crippen LogP contribution in [0, 0.1) is 22.7 Å². The van der Waals surface area contributed by atoms with Crippen LogP contribution in [0.15, 0.2) is 11.8 Å². The summed E-state index contributed by atoms with van der Waals surface area (Å²) < 4.78 is 0. The molecule has 0 saturated carbocycles. The predicted molar refractivity (Wildman–Crippen MR) is 45.7 cm³/mol. The van der Waals surface area contributed by atoms with Gasteiger partial charge in [-0.2, -0.15) is 10.5 Å². The summed E-state index contributed by atoms with van der Waals surface area (Å²) in [5.74, 6) is 0. The number of nitriles is 2. The van der Waals surface area contributed by atoms with Gasteiger partial charge in [0.1, 0.15) is 17.7 Å². The fraction of sp³-hybridized carbons (Fsp3) is 0. The molecule has 0 bridgehead atoms. The summed E-state index contributed by atoms with van der Waals surface area (Å²) in [5, 5.41) is 17.2. The molecule has 0 atom stereocenters. The van der Waals surface area contributed by atoms with E-state index in [1.807, 2.05) is 0 Å². The highest BCUT2D eigenvalue weighted by Crippen LogP contribution is 2.17. The van der Waals surface area contributed by atoms with Gasteiger partial charge in [0.25, 0.3) is 0 Å². The first-order chi connectivity index (χ1) is 5.76. The van der Waals surface area contributed by atoms with Crippen LogP contribution in [0.25, 0.3) is 6.08 Å². The molecule has 0 aliphatic carbocycles. The van der Waals surface area contributed by atoms with Gasteiger partial charge in [0.05, 0.1) is 4.88 Å². The van der Waals surface area contributed by atoms with Crippen molar-refractivity contribution in [3.8, 4) is 12.1 Å². The molecular weight excluding hydrogens is 172 g/mol. The molecule has 0 radical (unpaired) electrons. The highest BCUT2D eigenvalue weighted by molar-refractivity contribution is 7.16. The molecule has 0 unspecified atom stereocenters. The maximum absolute atomic E-state index is 8.41. The highest BCUT2D eigenvalue weighted by atomic mass is 32.1. The van der Waals surface area contributed by atoms with Crippen LogP contribution in [0.4, 0.5) is 5.13 Å². The predicted octanol–water partition coefficient (Wildman–Crippen LogP) is 1.16. The van der Waals surface area contributed by atoms with Crippen LogP contribution in [0.3, 0.4) is 0 Å². The van der Waals surface area contributed by atoms with Gasteiger partial charge in [-0.05, 0) is 6.08 Å². The summed E-state index contributed by atoms with van der Waals surface area (Å²) in [4.78, 5) is 4.48. The maximum atomic E-state index is 8.41. The average Bonchev–Trinajstić information content (AvgIpc) is 2.47. The van der Waals surface area contributed by atoms with E-state index in [0.29, 0.717) is 10.0 Å². The van der Waals surface area contributed by atoms with E-state index in [1.54, 1.807) is 12.1 Å². The normalized spacial score (nSPS) is 8.17. The molecule has 0 spiro atoms. The van der Waals surface area contributed by atoms with Crippen molar-refractivity contribution in [3.63, 3.8) is 0 Å². The second-order valence-electron chi connectivity index (χ2n) is 1.88. The van der Waals surface area contributed by atoms with Gasteiger partial charge in [-0.1, -0.05) is 11.3 Å². The second kappa shape index (κ2) is 3.51. The molecule has 2 N–H and O–H groups in total. The van der Waals surface area contributed by atoms with E-state index >= 15 is 0 Å². The van der Waals surface area contributed by atoms with Crippen molar-refractivity contribution in [1.82, 2.24) is 4.98 Å². The van der Waals surface area contributed by atoms with E-state index in [2.05, 4.69) is 4.98 Å². The first-order valence-electron chi connectivity index (χ1n) is 2.99. The summed E-state index contributed by atoms with van der Waals surface area (Å²) >= 11 is 1.23. The highest BCUT2D eigenvalue weighted by Gasteiger charge is 1.97. The lowest BCUT2D eigenvalue weighted by atomic mass is 10.3. The molecule has 0 amide bonds. The molecule has 1 aromatic rings. The van der Waals surface area contributed by atoms with Crippen LogP contribution in [-0.4, -0.2) is 4.98 Å². The molecule has 0 aromatic carbocycles. The fourth-order valence-corrected chi connectivity index (χ4v) is 1.23. The van der Waals surface area contributed by atoms with E-state index in [0.717, 1.165) is 0 Å². The third-order valence-corrected chi connectivity index (χ3v) is 1.84. The van der Waals surface area contributed by atoms with Crippen LogP contribution >= 0.6 is 11.3 Å². The Labute approximate surface area is 73.2 Å². The maximum Gasteiger partial charge on any atom is 0.180 e. The minimum Gasteiger partial charge on any atom is -0.375 e. The fourth-order valence-electron chi connectivity index (χ4n) is 0.599. The molecule has 0 aliphatic heterocycles. The number of thiazole rings is 1. The Morgan fingerprint density at radius 1 is 1.58 bits per heavy atom. The van der Waals surface area contributed by atoms with E-state index in [1.165, 1.54) is 23.6 Å². The molecule has 0 fully saturated rings. The average molecular weight is 176 g/mol. The van der Waals surface area contributed by atoms with Crippen molar-refractivity contribution < 1.29 is 0 Å². The second-order valence-corrected chi connectivity index (χ2v) is 2.98. The van der Waals surface area contributed by atoms with Gasteiger partial charge >= 0.3 is 0 Å². The first kappa shape index (κ1) is 8.25. The monoisotopic (exact) mass is 176 g/mol. The minimum absolute atomic E-state index is 0.0543. The summed E-state index contributed by atoms with van der Waals surface area (Å²) in [6, 6.07) is 3.50. The number of anilines is 1. The zero-order valence-electron chi connectivity index (χ0n) is 5.98. The first-order valence-corrected chi connectivity index (χ1v) is 3.81. The number of aromatic nitrogens is 1. The zero-order valence-corrected chi connectivity index (χ0v) is 6.80. The smallest absolute Gasteiger partial charge is 0.180 e. The number of nitrogens with zero attached hydrogens (tertiary/aromatic N) is 3. The van der Waals surface area contributed by atoms with Crippen molar-refractivity contribution >= 4 is 22.5 Å². The van der Waals surface area contributed by atoms with Gasteiger partial charge in [-0.15, -0.1) is 0 Å². The number of nitrogens with two attached hydrogens (primary N) is 1. The Morgan fingerprint density at radius 2 is 2.25 bits per heavy atom. The van der Waals surface area contributed by atoms with Crippen molar-refractivity contribution in [2.45, 2.75) is 0 Å². The Hall–Kier alpha value is -1.85. The number of rotatable bonds is 1. The lowest BCUT2D eigenvalue weighted by Gasteiger charge is -1.79. The number of hydrogen-bond donors (Lipinski definition) is 1. The third kappa shape index (κ3) is 1.82. The Bertz CT molecular complexity index is 374. The molecular formula is C7H4N4S. The zero-order chi connectivity index (χ0) is 8.97. The standard InChI is InChI=1S/C7H4N4S/c8-2-5(3-9)1-6-4-11-7(10)12-6/h1,4H,(H2,10,11). The summed E-state index contributed by atoms with van der Waals surface area (Å²) in [6.07, 6.45) is 2.97. The number of allylic oxidation sites excluding steroid dienone is 1. The van der Waals surface area contributed by atoms with Crippen molar-refractivity contribution in [3.05, 3.63) is 16.6 Å².